The number of primary amides is 1. The highest BCUT2D eigenvalue weighted by atomic mass is 16.1. The van der Waals surface area contributed by atoms with Crippen molar-refractivity contribution in [3.8, 4) is 22.5 Å². The number of nitrogens with one attached hydrogen (secondary N) is 1. The zero-order valence-corrected chi connectivity index (χ0v) is 17.4. The molecule has 32 heavy (non-hydrogen) atoms. The first-order chi connectivity index (χ1) is 15.6. The summed E-state index contributed by atoms with van der Waals surface area (Å²) in [5.74, 6) is 0.767. The van der Waals surface area contributed by atoms with Crippen LogP contribution in [0.15, 0.2) is 85.1 Å². The Hall–Kier alpha value is -4.52. The lowest BCUT2D eigenvalue weighted by Crippen LogP contribution is -2.10. The third-order valence-corrected chi connectivity index (χ3v) is 5.27. The predicted octanol–water partition coefficient (Wildman–Crippen LogP) is 4.54. The van der Waals surface area contributed by atoms with Gasteiger partial charge in [0.15, 0.2) is 11.5 Å². The summed E-state index contributed by atoms with van der Waals surface area (Å²) >= 11 is 0. The molecule has 5 rings (SSSR count). The van der Waals surface area contributed by atoms with Crippen molar-refractivity contribution in [3.63, 3.8) is 0 Å². The highest BCUT2D eigenvalue weighted by Crippen LogP contribution is 2.28. The lowest BCUT2D eigenvalue weighted by atomic mass is 10.0. The lowest BCUT2D eigenvalue weighted by molar-refractivity contribution is 0.100. The molecule has 0 atom stereocenters. The molecule has 0 saturated heterocycles. The van der Waals surface area contributed by atoms with Crippen LogP contribution in [0.3, 0.4) is 0 Å². The number of hydrogen-bond donors (Lipinski definition) is 2. The standard InChI is InChI=1S/C25H20N6O/c1-31-25-21(15-27-31)24(28-20-13-11-18(12-14-20)22(26)32)29-23(30-25)19-9-7-17(8-10-19)16-5-3-2-4-6-16/h2-15H,1H3,(H2,26,32)(H,28,29,30). The molecule has 0 unspecified atom stereocenters. The number of nitrogens with zero attached hydrogens (tertiary/aromatic N) is 4. The van der Waals surface area contributed by atoms with Gasteiger partial charge in [0.2, 0.25) is 5.91 Å². The van der Waals surface area contributed by atoms with Crippen LogP contribution in [0.4, 0.5) is 11.5 Å². The summed E-state index contributed by atoms with van der Waals surface area (Å²) in [4.78, 5) is 20.8. The van der Waals surface area contributed by atoms with Crippen molar-refractivity contribution in [1.29, 1.82) is 0 Å². The minimum atomic E-state index is -0.463. The number of carbonyl (C=O) groups is 1. The zero-order chi connectivity index (χ0) is 22.1. The molecule has 0 aliphatic heterocycles. The largest absolute Gasteiger partial charge is 0.366 e. The Labute approximate surface area is 184 Å². The van der Waals surface area contributed by atoms with E-state index in [0.717, 1.165) is 33.4 Å². The van der Waals surface area contributed by atoms with Crippen LogP contribution in [0, 0.1) is 0 Å². The van der Waals surface area contributed by atoms with Gasteiger partial charge in [0, 0.05) is 23.9 Å². The van der Waals surface area contributed by atoms with Gasteiger partial charge in [-0.05, 0) is 35.4 Å². The summed E-state index contributed by atoms with van der Waals surface area (Å²) in [5.41, 5.74) is 10.5. The quantitative estimate of drug-likeness (QED) is 0.435. The molecular formula is C25H20N6O. The number of amides is 1. The second-order valence-corrected chi connectivity index (χ2v) is 7.41. The van der Waals surface area contributed by atoms with E-state index in [4.69, 9.17) is 15.7 Å². The molecule has 0 fully saturated rings. The maximum Gasteiger partial charge on any atom is 0.248 e. The Kier molecular flexibility index (Phi) is 4.84. The highest BCUT2D eigenvalue weighted by Gasteiger charge is 2.14. The number of anilines is 2. The van der Waals surface area contributed by atoms with Crippen LogP contribution in [-0.2, 0) is 7.05 Å². The van der Waals surface area contributed by atoms with Gasteiger partial charge in [0.25, 0.3) is 0 Å². The molecule has 156 valence electrons. The number of nitrogens with two attached hydrogens (primary N) is 1. The third kappa shape index (κ3) is 3.67. The molecule has 7 heteroatoms. The fourth-order valence-electron chi connectivity index (χ4n) is 3.54. The monoisotopic (exact) mass is 420 g/mol. The Morgan fingerprint density at radius 2 is 1.50 bits per heavy atom. The van der Waals surface area contributed by atoms with Gasteiger partial charge < -0.3 is 11.1 Å². The van der Waals surface area contributed by atoms with Crippen LogP contribution < -0.4 is 11.1 Å². The fourth-order valence-corrected chi connectivity index (χ4v) is 3.54. The van der Waals surface area contributed by atoms with Crippen LogP contribution in [0.1, 0.15) is 10.4 Å². The van der Waals surface area contributed by atoms with Crippen LogP contribution in [0.5, 0.6) is 0 Å². The smallest absolute Gasteiger partial charge is 0.248 e. The first kappa shape index (κ1) is 19.4. The second-order valence-electron chi connectivity index (χ2n) is 7.41. The first-order valence-electron chi connectivity index (χ1n) is 10.1. The number of carbonyl (C=O) groups excluding carboxylic acids is 1. The average molecular weight is 420 g/mol. The summed E-state index contributed by atoms with van der Waals surface area (Å²) in [6.45, 7) is 0. The van der Waals surface area contributed by atoms with E-state index < -0.39 is 5.91 Å². The average Bonchev–Trinajstić information content (AvgIpc) is 3.21. The van der Waals surface area contributed by atoms with E-state index in [2.05, 4.69) is 34.7 Å². The zero-order valence-electron chi connectivity index (χ0n) is 17.4. The first-order valence-corrected chi connectivity index (χ1v) is 10.1. The Morgan fingerprint density at radius 3 is 2.19 bits per heavy atom. The Morgan fingerprint density at radius 1 is 0.844 bits per heavy atom. The number of aromatic nitrogens is 4. The molecule has 0 spiro atoms. The topological polar surface area (TPSA) is 98.7 Å². The Balaban J connectivity index is 1.53. The SMILES string of the molecule is Cn1ncc2c(Nc3ccc(C(N)=O)cc3)nc(-c3ccc(-c4ccccc4)cc3)nc21. The molecule has 2 heterocycles. The summed E-state index contributed by atoms with van der Waals surface area (Å²) in [7, 11) is 1.85. The predicted molar refractivity (Wildman–Crippen MR) is 125 cm³/mol. The summed E-state index contributed by atoms with van der Waals surface area (Å²) in [5, 5.41) is 8.46. The Bertz CT molecular complexity index is 1410. The molecule has 5 aromatic rings. The van der Waals surface area contributed by atoms with Crippen LogP contribution in [-0.4, -0.2) is 25.7 Å². The van der Waals surface area contributed by atoms with Gasteiger partial charge in [0.05, 0.1) is 11.6 Å². The van der Waals surface area contributed by atoms with Gasteiger partial charge in [-0.15, -0.1) is 0 Å². The summed E-state index contributed by atoms with van der Waals surface area (Å²) < 4.78 is 1.72. The summed E-state index contributed by atoms with van der Waals surface area (Å²) in [6.07, 6.45) is 1.73. The van der Waals surface area contributed by atoms with E-state index >= 15 is 0 Å². The van der Waals surface area contributed by atoms with Gasteiger partial charge in [0.1, 0.15) is 5.82 Å². The van der Waals surface area contributed by atoms with Crippen LogP contribution >= 0.6 is 0 Å². The highest BCUT2D eigenvalue weighted by molar-refractivity contribution is 5.94. The minimum Gasteiger partial charge on any atom is -0.366 e. The van der Waals surface area contributed by atoms with Gasteiger partial charge in [-0.25, -0.2) is 9.97 Å². The number of rotatable bonds is 5. The van der Waals surface area contributed by atoms with Crippen molar-refractivity contribution in [1.82, 2.24) is 19.7 Å². The number of fused-ring (bicyclic) bond motifs is 1. The minimum absolute atomic E-state index is 0.448. The van der Waals surface area contributed by atoms with Crippen molar-refractivity contribution in [2.75, 3.05) is 5.32 Å². The normalized spacial score (nSPS) is 10.9. The molecule has 3 aromatic carbocycles. The number of aryl methyl sites for hydroxylation is 1. The number of benzene rings is 3. The fraction of sp³-hybridized carbons (Fsp3) is 0.0400. The van der Waals surface area contributed by atoms with E-state index in [1.165, 1.54) is 0 Å². The van der Waals surface area contributed by atoms with E-state index in [0.29, 0.717) is 17.2 Å². The molecule has 0 radical (unpaired) electrons. The molecule has 3 N–H and O–H groups in total. The van der Waals surface area contributed by atoms with Crippen molar-refractivity contribution in [3.05, 3.63) is 90.6 Å². The molecule has 0 bridgehead atoms. The van der Waals surface area contributed by atoms with Crippen LogP contribution in [0.2, 0.25) is 0 Å². The van der Waals surface area contributed by atoms with Gasteiger partial charge >= 0.3 is 0 Å². The molecular weight excluding hydrogens is 400 g/mol. The van der Waals surface area contributed by atoms with Crippen molar-refractivity contribution >= 4 is 28.4 Å². The van der Waals surface area contributed by atoms with E-state index in [1.807, 2.05) is 37.4 Å². The maximum absolute atomic E-state index is 11.3. The van der Waals surface area contributed by atoms with Crippen molar-refractivity contribution in [2.24, 2.45) is 12.8 Å². The molecule has 7 nitrogen and oxygen atoms in total. The molecule has 1 amide bonds. The van der Waals surface area contributed by atoms with Crippen molar-refractivity contribution in [2.45, 2.75) is 0 Å². The van der Waals surface area contributed by atoms with Crippen molar-refractivity contribution < 1.29 is 4.79 Å². The third-order valence-electron chi connectivity index (χ3n) is 5.27. The maximum atomic E-state index is 11.3. The summed E-state index contributed by atoms with van der Waals surface area (Å²) in [6, 6.07) is 25.3. The van der Waals surface area contributed by atoms with Gasteiger partial charge in [-0.1, -0.05) is 54.6 Å². The van der Waals surface area contributed by atoms with E-state index in [1.54, 1.807) is 35.1 Å². The van der Waals surface area contributed by atoms with E-state index in [-0.39, 0.29) is 0 Å². The van der Waals surface area contributed by atoms with Crippen LogP contribution in [0.25, 0.3) is 33.5 Å². The van der Waals surface area contributed by atoms with E-state index in [9.17, 15) is 4.79 Å². The number of hydrogen-bond acceptors (Lipinski definition) is 5. The van der Waals surface area contributed by atoms with Gasteiger partial charge in [-0.2, -0.15) is 5.10 Å². The molecule has 0 aliphatic rings. The van der Waals surface area contributed by atoms with Gasteiger partial charge in [-0.3, -0.25) is 9.48 Å². The molecule has 0 saturated carbocycles. The molecule has 0 aliphatic carbocycles. The lowest BCUT2D eigenvalue weighted by Gasteiger charge is -2.10. The molecule has 2 aromatic heterocycles. The second kappa shape index (κ2) is 7.96.